The van der Waals surface area contributed by atoms with Gasteiger partial charge in [-0.3, -0.25) is 9.36 Å². The first-order chi connectivity index (χ1) is 8.99. The first-order valence-corrected chi connectivity index (χ1v) is 6.66. The van der Waals surface area contributed by atoms with Gasteiger partial charge in [0.1, 0.15) is 0 Å². The Morgan fingerprint density at radius 1 is 1.32 bits per heavy atom. The molecule has 0 spiro atoms. The van der Waals surface area contributed by atoms with E-state index in [2.05, 4.69) is 17.3 Å². The lowest BCUT2D eigenvalue weighted by atomic mass is 10.1. The van der Waals surface area contributed by atoms with Gasteiger partial charge in [-0.15, -0.1) is 0 Å². The molecule has 19 heavy (non-hydrogen) atoms. The Morgan fingerprint density at radius 3 is 2.74 bits per heavy atom. The Kier molecular flexibility index (Phi) is 4.21. The molecule has 0 saturated carbocycles. The van der Waals surface area contributed by atoms with Crippen molar-refractivity contribution in [3.8, 4) is 0 Å². The van der Waals surface area contributed by atoms with Crippen LogP contribution in [-0.2, 0) is 20.6 Å². The van der Waals surface area contributed by atoms with Crippen LogP contribution < -0.4 is 16.6 Å². The van der Waals surface area contributed by atoms with Crippen LogP contribution in [0.4, 0.5) is 0 Å². The van der Waals surface area contributed by atoms with Crippen LogP contribution in [0.25, 0.3) is 0 Å². The summed E-state index contributed by atoms with van der Waals surface area (Å²) >= 11 is 0. The summed E-state index contributed by atoms with van der Waals surface area (Å²) in [7, 11) is 5.29. The van der Waals surface area contributed by atoms with E-state index in [4.69, 9.17) is 0 Å². The molecule has 2 rings (SSSR count). The molecule has 1 aliphatic rings. The van der Waals surface area contributed by atoms with Crippen molar-refractivity contribution in [2.45, 2.75) is 25.4 Å². The van der Waals surface area contributed by atoms with E-state index in [-0.39, 0.29) is 11.2 Å². The van der Waals surface area contributed by atoms with Gasteiger partial charge in [-0.2, -0.15) is 0 Å². The van der Waals surface area contributed by atoms with Crippen molar-refractivity contribution in [3.63, 3.8) is 0 Å². The van der Waals surface area contributed by atoms with Crippen molar-refractivity contribution in [1.82, 2.24) is 19.4 Å². The lowest BCUT2D eigenvalue weighted by Crippen LogP contribution is -2.45. The molecule has 0 bridgehead atoms. The predicted molar refractivity (Wildman–Crippen MR) is 74.3 cm³/mol. The number of aryl methyl sites for hydroxylation is 1. The molecule has 0 aromatic carbocycles. The maximum Gasteiger partial charge on any atom is 0.330 e. The highest BCUT2D eigenvalue weighted by molar-refractivity contribution is 5.05. The summed E-state index contributed by atoms with van der Waals surface area (Å²) < 4.78 is 2.61. The number of hydrogen-bond donors (Lipinski definition) is 1. The van der Waals surface area contributed by atoms with Gasteiger partial charge in [0.2, 0.25) is 0 Å². The highest BCUT2D eigenvalue weighted by Gasteiger charge is 2.17. The quantitative estimate of drug-likeness (QED) is 0.783. The predicted octanol–water partition coefficient (Wildman–Crippen LogP) is -0.732. The highest BCUT2D eigenvalue weighted by Crippen LogP contribution is 2.08. The average molecular weight is 266 g/mol. The van der Waals surface area contributed by atoms with E-state index in [1.54, 1.807) is 13.2 Å². The van der Waals surface area contributed by atoms with Gasteiger partial charge < -0.3 is 14.8 Å². The van der Waals surface area contributed by atoms with Gasteiger partial charge >= 0.3 is 5.69 Å². The van der Waals surface area contributed by atoms with Crippen molar-refractivity contribution in [3.05, 3.63) is 32.6 Å². The molecule has 106 valence electrons. The van der Waals surface area contributed by atoms with Gasteiger partial charge in [0, 0.05) is 45.0 Å². The molecule has 1 unspecified atom stereocenters. The zero-order valence-corrected chi connectivity index (χ0v) is 11.8. The largest absolute Gasteiger partial charge is 0.330 e. The number of likely N-dealkylation sites (tertiary alicyclic amines) is 1. The standard InChI is InChI=1S/C13H22N4O2/c1-15-6-4-5-11(9-15)14-7-10-8-16(2)13(19)17(3)12(10)18/h8,11,14H,4-7,9H2,1-3H3. The SMILES string of the molecule is CN1CCCC(NCc2cn(C)c(=O)n(C)c2=O)C1. The maximum atomic E-state index is 12.0. The van der Waals surface area contributed by atoms with E-state index in [9.17, 15) is 9.59 Å². The second-order valence-corrected chi connectivity index (χ2v) is 5.39. The third-order valence-corrected chi connectivity index (χ3v) is 3.72. The lowest BCUT2D eigenvalue weighted by Gasteiger charge is -2.30. The smallest absolute Gasteiger partial charge is 0.308 e. The van der Waals surface area contributed by atoms with Crippen LogP contribution in [0.2, 0.25) is 0 Å². The molecule has 6 heteroatoms. The van der Waals surface area contributed by atoms with Crippen molar-refractivity contribution < 1.29 is 0 Å². The fourth-order valence-electron chi connectivity index (χ4n) is 2.59. The van der Waals surface area contributed by atoms with Gasteiger partial charge in [0.25, 0.3) is 5.56 Å². The minimum absolute atomic E-state index is 0.209. The van der Waals surface area contributed by atoms with Crippen molar-refractivity contribution >= 4 is 0 Å². The monoisotopic (exact) mass is 266 g/mol. The van der Waals surface area contributed by atoms with Crippen LogP contribution in [0.5, 0.6) is 0 Å². The number of nitrogens with zero attached hydrogens (tertiary/aromatic N) is 3. The number of nitrogens with one attached hydrogen (secondary N) is 1. The molecule has 1 aromatic heterocycles. The molecule has 1 fully saturated rings. The minimum Gasteiger partial charge on any atom is -0.308 e. The Bertz CT molecular complexity index is 561. The van der Waals surface area contributed by atoms with E-state index in [1.807, 2.05) is 0 Å². The van der Waals surface area contributed by atoms with E-state index >= 15 is 0 Å². The van der Waals surface area contributed by atoms with Gasteiger partial charge in [-0.05, 0) is 26.4 Å². The molecule has 1 atom stereocenters. The zero-order valence-electron chi connectivity index (χ0n) is 11.8. The van der Waals surface area contributed by atoms with Crippen LogP contribution in [0, 0.1) is 0 Å². The Balaban J connectivity index is 2.08. The summed E-state index contributed by atoms with van der Waals surface area (Å²) in [5.41, 5.74) is 0.142. The number of likely N-dealkylation sites (N-methyl/N-ethyl adjacent to an activating group) is 1. The Labute approximate surface area is 112 Å². The van der Waals surface area contributed by atoms with Gasteiger partial charge in [0.05, 0.1) is 0 Å². The third kappa shape index (κ3) is 3.13. The van der Waals surface area contributed by atoms with Crippen LogP contribution in [0.1, 0.15) is 18.4 Å². The molecule has 1 aromatic rings. The molecule has 6 nitrogen and oxygen atoms in total. The average Bonchev–Trinajstić information content (AvgIpc) is 2.39. The van der Waals surface area contributed by atoms with E-state index in [1.165, 1.54) is 18.0 Å². The van der Waals surface area contributed by atoms with E-state index < -0.39 is 0 Å². The summed E-state index contributed by atoms with van der Waals surface area (Å²) in [6.45, 7) is 2.66. The lowest BCUT2D eigenvalue weighted by molar-refractivity contribution is 0.226. The summed E-state index contributed by atoms with van der Waals surface area (Å²) in [5.74, 6) is 0. The normalized spacial score (nSPS) is 20.7. The fourth-order valence-corrected chi connectivity index (χ4v) is 2.59. The van der Waals surface area contributed by atoms with E-state index in [0.717, 1.165) is 24.1 Å². The first kappa shape index (κ1) is 14.0. The highest BCUT2D eigenvalue weighted by atomic mass is 16.2. The molecular weight excluding hydrogens is 244 g/mol. The topological polar surface area (TPSA) is 59.3 Å². The molecule has 0 radical (unpaired) electrons. The zero-order chi connectivity index (χ0) is 14.0. The molecule has 1 saturated heterocycles. The summed E-state index contributed by atoms with van der Waals surface area (Å²) in [4.78, 5) is 25.9. The summed E-state index contributed by atoms with van der Waals surface area (Å²) in [6.07, 6.45) is 3.94. The molecule has 1 aliphatic heterocycles. The van der Waals surface area contributed by atoms with Crippen LogP contribution in [0.3, 0.4) is 0 Å². The van der Waals surface area contributed by atoms with Gasteiger partial charge in [0.15, 0.2) is 0 Å². The fraction of sp³-hybridized carbons (Fsp3) is 0.692. The summed E-state index contributed by atoms with van der Waals surface area (Å²) in [5, 5.41) is 3.41. The van der Waals surface area contributed by atoms with Crippen molar-refractivity contribution in [2.75, 3.05) is 20.1 Å². The second-order valence-electron chi connectivity index (χ2n) is 5.39. The molecule has 0 aliphatic carbocycles. The number of hydrogen-bond acceptors (Lipinski definition) is 4. The summed E-state index contributed by atoms with van der Waals surface area (Å²) in [6, 6.07) is 0.417. The van der Waals surface area contributed by atoms with Crippen LogP contribution in [-0.4, -0.2) is 40.2 Å². The first-order valence-electron chi connectivity index (χ1n) is 6.66. The van der Waals surface area contributed by atoms with E-state index in [0.29, 0.717) is 18.2 Å². The third-order valence-electron chi connectivity index (χ3n) is 3.72. The molecular formula is C13H22N4O2. The second kappa shape index (κ2) is 5.71. The number of rotatable bonds is 3. The molecule has 2 heterocycles. The Morgan fingerprint density at radius 2 is 2.05 bits per heavy atom. The maximum absolute atomic E-state index is 12.0. The van der Waals surface area contributed by atoms with Gasteiger partial charge in [-0.25, -0.2) is 4.79 Å². The minimum atomic E-state index is -0.286. The van der Waals surface area contributed by atoms with Crippen LogP contribution >= 0.6 is 0 Å². The molecule has 0 amide bonds. The molecule has 1 N–H and O–H groups in total. The Hall–Kier alpha value is -1.40. The van der Waals surface area contributed by atoms with Gasteiger partial charge in [-0.1, -0.05) is 0 Å². The number of aromatic nitrogens is 2. The van der Waals surface area contributed by atoms with Crippen molar-refractivity contribution in [1.29, 1.82) is 0 Å². The number of piperidine rings is 1. The van der Waals surface area contributed by atoms with Crippen LogP contribution in [0.15, 0.2) is 15.8 Å². The van der Waals surface area contributed by atoms with Crippen molar-refractivity contribution in [2.24, 2.45) is 14.1 Å².